The first-order chi connectivity index (χ1) is 29.8. The molecule has 2 aliphatic rings. The van der Waals surface area contributed by atoms with E-state index in [0.717, 1.165) is 28.4 Å². The van der Waals surface area contributed by atoms with E-state index in [9.17, 15) is 0 Å². The van der Waals surface area contributed by atoms with Crippen molar-refractivity contribution < 1.29 is 0 Å². The van der Waals surface area contributed by atoms with Gasteiger partial charge in [-0.3, -0.25) is 0 Å². The molecule has 3 nitrogen and oxygen atoms in total. The maximum absolute atomic E-state index is 2.52. The molecule has 10 aromatic rings. The third kappa shape index (κ3) is 5.24. The molecule has 280 valence electrons. The lowest BCUT2D eigenvalue weighted by molar-refractivity contribution is 1.23. The van der Waals surface area contributed by atoms with Gasteiger partial charge in [-0.2, -0.15) is 0 Å². The van der Waals surface area contributed by atoms with E-state index in [4.69, 9.17) is 0 Å². The van der Waals surface area contributed by atoms with Gasteiger partial charge >= 0.3 is 0 Å². The zero-order chi connectivity index (χ0) is 39.6. The Labute approximate surface area is 350 Å². The highest BCUT2D eigenvalue weighted by Crippen LogP contribution is 2.52. The molecule has 0 fully saturated rings. The summed E-state index contributed by atoms with van der Waals surface area (Å²) in [6, 6.07) is 84.4. The highest BCUT2D eigenvalue weighted by atomic mass is 15.2. The average molecular weight is 764 g/mol. The molecule has 0 saturated carbocycles. The molecule has 0 bridgehead atoms. The van der Waals surface area contributed by atoms with Crippen LogP contribution < -0.4 is 31.1 Å². The Morgan fingerprint density at radius 2 is 0.750 bits per heavy atom. The van der Waals surface area contributed by atoms with E-state index >= 15 is 0 Å². The van der Waals surface area contributed by atoms with Gasteiger partial charge in [-0.25, -0.2) is 0 Å². The zero-order valence-corrected chi connectivity index (χ0v) is 32.9. The van der Waals surface area contributed by atoms with Crippen LogP contribution >= 0.6 is 0 Å². The normalized spacial score (nSPS) is 12.6. The molecular formula is C56H38BN3. The molecule has 0 amide bonds. The molecular weight excluding hydrogens is 725 g/mol. The molecule has 0 aliphatic carbocycles. The lowest BCUT2D eigenvalue weighted by Crippen LogP contribution is -2.61. The van der Waals surface area contributed by atoms with Crippen molar-refractivity contribution in [1.29, 1.82) is 0 Å². The maximum atomic E-state index is 2.52. The van der Waals surface area contributed by atoms with Gasteiger partial charge in [0.2, 0.25) is 0 Å². The van der Waals surface area contributed by atoms with Crippen LogP contribution in [0.2, 0.25) is 0 Å². The van der Waals surface area contributed by atoms with Gasteiger partial charge in [0.15, 0.2) is 0 Å². The molecule has 0 N–H and O–H groups in total. The van der Waals surface area contributed by atoms with Crippen LogP contribution in [0.25, 0.3) is 32.7 Å². The molecule has 4 heteroatoms. The number of rotatable bonds is 6. The van der Waals surface area contributed by atoms with Crippen LogP contribution in [-0.2, 0) is 0 Å². The zero-order valence-electron chi connectivity index (χ0n) is 32.9. The standard InChI is InChI=1S/C56H38BN3/c1-5-21-39(22-6-1)54-46-31-15-13-29-44(46)45-30-14-16-32-47(45)56(54)58(40-23-7-2-8-24-40)43-37-52-55-53(38-43)60(42-27-11-4-12-28-42)51-36-20-18-34-49(51)57(55)48-33-17-19-35-50(48)59(52)41-25-9-3-10-26-41/h1-38H. The van der Waals surface area contributed by atoms with Crippen LogP contribution in [0.5, 0.6) is 0 Å². The predicted molar refractivity (Wildman–Crippen MR) is 256 cm³/mol. The Morgan fingerprint density at radius 1 is 0.333 bits per heavy atom. The fourth-order valence-corrected chi connectivity index (χ4v) is 9.96. The molecule has 0 saturated heterocycles. The highest BCUT2D eigenvalue weighted by molar-refractivity contribution is 7.00. The fraction of sp³-hybridized carbons (Fsp3) is 0. The summed E-state index contributed by atoms with van der Waals surface area (Å²) in [5, 5.41) is 4.88. The predicted octanol–water partition coefficient (Wildman–Crippen LogP) is 13.2. The Balaban J connectivity index is 1.25. The van der Waals surface area contributed by atoms with Crippen LogP contribution in [0.4, 0.5) is 51.2 Å². The van der Waals surface area contributed by atoms with Gasteiger partial charge in [0.25, 0.3) is 6.71 Å². The number of anilines is 9. The van der Waals surface area contributed by atoms with Gasteiger partial charge in [0.1, 0.15) is 0 Å². The summed E-state index contributed by atoms with van der Waals surface area (Å²) in [6.45, 7) is 0.0305. The Hall–Kier alpha value is -7.82. The van der Waals surface area contributed by atoms with Crippen molar-refractivity contribution in [2.45, 2.75) is 0 Å². The number of nitrogens with zero attached hydrogens (tertiary/aromatic N) is 3. The minimum absolute atomic E-state index is 0.0305. The Bertz CT molecular complexity index is 3110. The summed E-state index contributed by atoms with van der Waals surface area (Å²) < 4.78 is 0. The van der Waals surface area contributed by atoms with Crippen molar-refractivity contribution in [3.63, 3.8) is 0 Å². The summed E-state index contributed by atoms with van der Waals surface area (Å²) in [6.07, 6.45) is 0. The fourth-order valence-electron chi connectivity index (χ4n) is 9.96. The third-order valence-electron chi connectivity index (χ3n) is 12.4. The number of hydrogen-bond donors (Lipinski definition) is 0. The third-order valence-corrected chi connectivity index (χ3v) is 12.4. The molecule has 60 heavy (non-hydrogen) atoms. The number of para-hydroxylation sites is 5. The average Bonchev–Trinajstić information content (AvgIpc) is 3.32. The Morgan fingerprint density at radius 3 is 1.30 bits per heavy atom. The second-order valence-electron chi connectivity index (χ2n) is 15.6. The molecule has 0 atom stereocenters. The SMILES string of the molecule is c1ccc(-c2c(N(c3ccccc3)c3cc4c5c(c3)N(c3ccccc3)c3ccccc3B5c3ccccc3N4c3ccccc3)c3ccccc3c3ccccc23)cc1. The quantitative estimate of drug-likeness (QED) is 0.123. The molecule has 0 aromatic heterocycles. The molecule has 2 heterocycles. The molecule has 10 aromatic carbocycles. The Kier molecular flexibility index (Phi) is 7.95. The maximum Gasteiger partial charge on any atom is 0.252 e. The van der Waals surface area contributed by atoms with Crippen LogP contribution in [-0.4, -0.2) is 6.71 Å². The van der Waals surface area contributed by atoms with Gasteiger partial charge in [0.05, 0.1) is 11.4 Å². The van der Waals surface area contributed by atoms with Crippen molar-refractivity contribution in [2.75, 3.05) is 14.7 Å². The minimum atomic E-state index is 0.0305. The van der Waals surface area contributed by atoms with Crippen molar-refractivity contribution in [3.8, 4) is 11.1 Å². The van der Waals surface area contributed by atoms with E-state index in [2.05, 4.69) is 245 Å². The minimum Gasteiger partial charge on any atom is -0.311 e. The van der Waals surface area contributed by atoms with Crippen LogP contribution in [0.1, 0.15) is 0 Å². The molecule has 0 unspecified atom stereocenters. The van der Waals surface area contributed by atoms with E-state index in [1.165, 1.54) is 71.8 Å². The van der Waals surface area contributed by atoms with E-state index in [1.54, 1.807) is 0 Å². The number of benzene rings is 10. The first-order valence-corrected chi connectivity index (χ1v) is 20.7. The van der Waals surface area contributed by atoms with Gasteiger partial charge in [0, 0.05) is 50.8 Å². The highest BCUT2D eigenvalue weighted by Gasteiger charge is 2.43. The largest absolute Gasteiger partial charge is 0.311 e. The lowest BCUT2D eigenvalue weighted by Gasteiger charge is -2.45. The van der Waals surface area contributed by atoms with Crippen LogP contribution in [0, 0.1) is 0 Å². The topological polar surface area (TPSA) is 9.72 Å². The summed E-state index contributed by atoms with van der Waals surface area (Å²) in [5.41, 5.74) is 16.6. The van der Waals surface area contributed by atoms with Crippen molar-refractivity contribution in [1.82, 2.24) is 0 Å². The van der Waals surface area contributed by atoms with Crippen molar-refractivity contribution in [3.05, 3.63) is 231 Å². The number of hydrogen-bond acceptors (Lipinski definition) is 3. The lowest BCUT2D eigenvalue weighted by atomic mass is 9.33. The smallest absolute Gasteiger partial charge is 0.252 e. The first kappa shape index (κ1) is 34.2. The second kappa shape index (κ2) is 13.9. The molecule has 2 aliphatic heterocycles. The monoisotopic (exact) mass is 763 g/mol. The van der Waals surface area contributed by atoms with E-state index in [0.29, 0.717) is 0 Å². The van der Waals surface area contributed by atoms with Gasteiger partial charge in [-0.05, 0) is 98.8 Å². The van der Waals surface area contributed by atoms with Gasteiger partial charge in [-0.15, -0.1) is 0 Å². The molecule has 0 spiro atoms. The van der Waals surface area contributed by atoms with E-state index < -0.39 is 0 Å². The van der Waals surface area contributed by atoms with Crippen molar-refractivity contribution >= 4 is 95.8 Å². The van der Waals surface area contributed by atoms with Crippen molar-refractivity contribution in [2.24, 2.45) is 0 Å². The molecule has 0 radical (unpaired) electrons. The number of fused-ring (bicyclic) bond motifs is 7. The van der Waals surface area contributed by atoms with Crippen LogP contribution in [0.3, 0.4) is 0 Å². The summed E-state index contributed by atoms with van der Waals surface area (Å²) in [5.74, 6) is 0. The summed E-state index contributed by atoms with van der Waals surface area (Å²) in [4.78, 5) is 7.51. The summed E-state index contributed by atoms with van der Waals surface area (Å²) >= 11 is 0. The summed E-state index contributed by atoms with van der Waals surface area (Å²) in [7, 11) is 0. The first-order valence-electron chi connectivity index (χ1n) is 20.7. The second-order valence-corrected chi connectivity index (χ2v) is 15.6. The van der Waals surface area contributed by atoms with Crippen LogP contribution in [0.15, 0.2) is 231 Å². The van der Waals surface area contributed by atoms with E-state index in [-0.39, 0.29) is 6.71 Å². The molecule has 12 rings (SSSR count). The van der Waals surface area contributed by atoms with Gasteiger partial charge in [-0.1, -0.05) is 170 Å². The van der Waals surface area contributed by atoms with Gasteiger partial charge < -0.3 is 14.7 Å². The van der Waals surface area contributed by atoms with E-state index in [1.807, 2.05) is 0 Å².